The highest BCUT2D eigenvalue weighted by atomic mass is 35.5. The van der Waals surface area contributed by atoms with Crippen LogP contribution in [0, 0.1) is 5.82 Å². The van der Waals surface area contributed by atoms with Crippen LogP contribution in [-0.4, -0.2) is 53.9 Å². The summed E-state index contributed by atoms with van der Waals surface area (Å²) in [7, 11) is 5.41. The highest BCUT2D eigenvalue weighted by Gasteiger charge is 2.50. The van der Waals surface area contributed by atoms with Crippen LogP contribution < -0.4 is 0 Å². The van der Waals surface area contributed by atoms with Crippen molar-refractivity contribution in [2.75, 3.05) is 0 Å². The number of aliphatic hydroxyl groups is 3. The fourth-order valence-electron chi connectivity index (χ4n) is 3.25. The molecule has 0 saturated carbocycles. The Bertz CT molecular complexity index is 1370. The highest BCUT2D eigenvalue weighted by Crippen LogP contribution is 2.46. The summed E-state index contributed by atoms with van der Waals surface area (Å²) in [6, 6.07) is 5.14. The molecule has 0 aliphatic carbocycles. The molecule has 1 atom stereocenters. The molecule has 1 unspecified atom stereocenters. The molecule has 15 heteroatoms. The van der Waals surface area contributed by atoms with Crippen molar-refractivity contribution < 1.29 is 37.4 Å². The molecule has 4 aromatic rings. The monoisotopic (exact) mass is 509 g/mol. The Morgan fingerprint density at radius 1 is 1.06 bits per heavy atom. The molecule has 3 aromatic heterocycles. The summed E-state index contributed by atoms with van der Waals surface area (Å²) < 4.78 is 62.2. The average molecular weight is 510 g/mol. The molecule has 35 heavy (non-hydrogen) atoms. The lowest BCUT2D eigenvalue weighted by Crippen LogP contribution is -2.56. The molecular weight excluding hydrogens is 497 g/mol. The van der Waals surface area contributed by atoms with Gasteiger partial charge in [0.1, 0.15) is 11.5 Å². The van der Waals surface area contributed by atoms with Gasteiger partial charge >= 0.3 is 6.18 Å². The molecule has 0 aliphatic heterocycles. The predicted octanol–water partition coefficient (Wildman–Crippen LogP) is 2.95. The Labute approximate surface area is 200 Å². The quantitative estimate of drug-likeness (QED) is 0.213. The standard InChI is InChI=1S/C20H13BClF4N5O4/c1-18(32,33)20(21,34)31-16(19(24,25)26)9(8-29-31)15-13(17-27-6-3-7-28-17)14(30-35-15)12-10(22)4-2-5-11(12)23/h2-8,32-34H,1H3. The minimum absolute atomic E-state index is 0.124. The van der Waals surface area contributed by atoms with Crippen LogP contribution in [0.3, 0.4) is 0 Å². The molecule has 0 bridgehead atoms. The van der Waals surface area contributed by atoms with Crippen molar-refractivity contribution in [3.05, 3.63) is 59.4 Å². The topological polar surface area (TPSA) is 130 Å². The minimum atomic E-state index is -5.26. The number of alkyl halides is 3. The third-order valence-electron chi connectivity index (χ3n) is 4.98. The number of hydrogen-bond acceptors (Lipinski definition) is 8. The molecule has 180 valence electrons. The highest BCUT2D eigenvalue weighted by molar-refractivity contribution is 6.33. The lowest BCUT2D eigenvalue weighted by Gasteiger charge is -2.36. The Morgan fingerprint density at radius 3 is 2.29 bits per heavy atom. The van der Waals surface area contributed by atoms with Gasteiger partial charge in [-0.05, 0) is 25.1 Å². The first-order valence-electron chi connectivity index (χ1n) is 9.58. The van der Waals surface area contributed by atoms with Crippen LogP contribution >= 0.6 is 11.6 Å². The second-order valence-corrected chi connectivity index (χ2v) is 7.87. The Hall–Kier alpha value is -3.33. The second-order valence-electron chi connectivity index (χ2n) is 7.47. The van der Waals surface area contributed by atoms with Gasteiger partial charge < -0.3 is 19.8 Å². The van der Waals surface area contributed by atoms with Gasteiger partial charge in [0, 0.05) is 12.4 Å². The van der Waals surface area contributed by atoms with Gasteiger partial charge in [0.25, 0.3) is 0 Å². The van der Waals surface area contributed by atoms with Crippen molar-refractivity contribution in [1.82, 2.24) is 24.9 Å². The van der Waals surface area contributed by atoms with Crippen molar-refractivity contribution >= 4 is 19.4 Å². The molecule has 3 N–H and O–H groups in total. The van der Waals surface area contributed by atoms with E-state index in [0.29, 0.717) is 13.1 Å². The number of rotatable bonds is 5. The van der Waals surface area contributed by atoms with Crippen LogP contribution in [0.15, 0.2) is 47.4 Å². The summed E-state index contributed by atoms with van der Waals surface area (Å²) in [6.07, 6.45) is -2.10. The summed E-state index contributed by atoms with van der Waals surface area (Å²) in [4.78, 5) is 8.00. The maximum Gasteiger partial charge on any atom is 0.433 e. The van der Waals surface area contributed by atoms with E-state index in [2.05, 4.69) is 20.2 Å². The molecule has 0 amide bonds. The number of nitrogens with zero attached hydrogens (tertiary/aromatic N) is 5. The molecule has 4 rings (SSSR count). The van der Waals surface area contributed by atoms with Crippen LogP contribution in [0.2, 0.25) is 5.02 Å². The van der Waals surface area contributed by atoms with E-state index in [0.717, 1.165) is 6.07 Å². The van der Waals surface area contributed by atoms with Gasteiger partial charge in [-0.15, -0.1) is 0 Å². The molecule has 0 spiro atoms. The summed E-state index contributed by atoms with van der Waals surface area (Å²) in [5, 5.41) is 36.8. The van der Waals surface area contributed by atoms with E-state index >= 15 is 0 Å². The molecule has 0 saturated heterocycles. The summed E-state index contributed by atoms with van der Waals surface area (Å²) in [5.41, 5.74) is -6.87. The fourth-order valence-corrected chi connectivity index (χ4v) is 3.50. The van der Waals surface area contributed by atoms with Crippen molar-refractivity contribution in [3.8, 4) is 34.0 Å². The van der Waals surface area contributed by atoms with Crippen LogP contribution in [0.4, 0.5) is 17.6 Å². The van der Waals surface area contributed by atoms with Crippen molar-refractivity contribution in [2.45, 2.75) is 24.5 Å². The Balaban J connectivity index is 2.07. The third kappa shape index (κ3) is 4.18. The van der Waals surface area contributed by atoms with Gasteiger partial charge in [0.15, 0.2) is 30.7 Å². The minimum Gasteiger partial charge on any atom is -0.373 e. The molecule has 0 aliphatic rings. The van der Waals surface area contributed by atoms with E-state index in [1.54, 1.807) is 0 Å². The summed E-state index contributed by atoms with van der Waals surface area (Å²) in [6.45, 7) is 0.560. The zero-order valence-corrected chi connectivity index (χ0v) is 18.3. The zero-order valence-electron chi connectivity index (χ0n) is 17.5. The van der Waals surface area contributed by atoms with E-state index in [4.69, 9.17) is 24.0 Å². The van der Waals surface area contributed by atoms with Crippen LogP contribution in [0.1, 0.15) is 12.6 Å². The van der Waals surface area contributed by atoms with E-state index in [1.807, 2.05) is 0 Å². The maximum absolute atomic E-state index is 14.7. The molecule has 2 radical (unpaired) electrons. The van der Waals surface area contributed by atoms with Crippen molar-refractivity contribution in [3.63, 3.8) is 0 Å². The predicted molar refractivity (Wildman–Crippen MR) is 113 cm³/mol. The van der Waals surface area contributed by atoms with Crippen LogP contribution in [-0.2, 0) is 11.8 Å². The zero-order chi connectivity index (χ0) is 25.8. The summed E-state index contributed by atoms with van der Waals surface area (Å²) >= 11 is 6.13. The average Bonchev–Trinajstić information content (AvgIpc) is 3.38. The van der Waals surface area contributed by atoms with Crippen LogP contribution in [0.25, 0.3) is 34.0 Å². The fraction of sp³-hybridized carbons (Fsp3) is 0.200. The first-order valence-corrected chi connectivity index (χ1v) is 9.96. The van der Waals surface area contributed by atoms with Gasteiger partial charge in [-0.25, -0.2) is 19.0 Å². The van der Waals surface area contributed by atoms with E-state index in [1.165, 1.54) is 30.6 Å². The smallest absolute Gasteiger partial charge is 0.373 e. The normalized spacial score (nSPS) is 14.2. The number of halogens is 5. The first-order chi connectivity index (χ1) is 16.2. The largest absolute Gasteiger partial charge is 0.433 e. The third-order valence-corrected chi connectivity index (χ3v) is 5.30. The maximum atomic E-state index is 14.7. The van der Waals surface area contributed by atoms with Gasteiger partial charge in [-0.3, -0.25) is 0 Å². The second kappa shape index (κ2) is 8.41. The lowest BCUT2D eigenvalue weighted by molar-refractivity contribution is -0.269. The molecule has 3 heterocycles. The van der Waals surface area contributed by atoms with Crippen LogP contribution in [0.5, 0.6) is 0 Å². The SMILES string of the molecule is [B]C(O)(n1ncc(-c2onc(-c3c(F)cccc3Cl)c2-c2ncccn2)c1C(F)(F)F)C(C)(O)O. The van der Waals surface area contributed by atoms with E-state index < -0.39 is 40.4 Å². The lowest BCUT2D eigenvalue weighted by atomic mass is 9.83. The van der Waals surface area contributed by atoms with Crippen molar-refractivity contribution in [2.24, 2.45) is 0 Å². The van der Waals surface area contributed by atoms with Gasteiger partial charge in [-0.1, -0.05) is 22.8 Å². The van der Waals surface area contributed by atoms with Gasteiger partial charge in [0.05, 0.1) is 27.9 Å². The molecular formula is C20H13BClF4N5O4. The first kappa shape index (κ1) is 24.8. The molecule has 9 nitrogen and oxygen atoms in total. The van der Waals surface area contributed by atoms with Gasteiger partial charge in [0.2, 0.25) is 5.79 Å². The van der Waals surface area contributed by atoms with Gasteiger partial charge in [-0.2, -0.15) is 18.3 Å². The van der Waals surface area contributed by atoms with E-state index in [-0.39, 0.29) is 32.3 Å². The number of aromatic nitrogens is 5. The van der Waals surface area contributed by atoms with Crippen molar-refractivity contribution in [1.29, 1.82) is 0 Å². The Kier molecular flexibility index (Phi) is 5.96. The number of hydrogen-bond donors (Lipinski definition) is 3. The Morgan fingerprint density at radius 2 is 1.71 bits per heavy atom. The van der Waals surface area contributed by atoms with E-state index in [9.17, 15) is 32.9 Å². The summed E-state index contributed by atoms with van der Waals surface area (Å²) in [5.74, 6) is -4.93. The number of benzene rings is 1. The molecule has 1 aromatic carbocycles. The molecule has 0 fully saturated rings.